The highest BCUT2D eigenvalue weighted by atomic mass is 32.2. The van der Waals surface area contributed by atoms with Crippen molar-refractivity contribution in [3.05, 3.63) is 72.3 Å². The first-order valence-electron chi connectivity index (χ1n) is 6.74. The molecule has 0 aliphatic heterocycles. The number of Topliss-reactive ketones (excluding diaryl/α,β-unsaturated/α-hetero) is 1. The molecular formula is C17H17NO3S. The van der Waals surface area contributed by atoms with E-state index in [1.54, 1.807) is 43.3 Å². The van der Waals surface area contributed by atoms with Crippen LogP contribution in [0, 0.1) is 0 Å². The minimum atomic E-state index is -3.63. The van der Waals surface area contributed by atoms with Gasteiger partial charge in [-0.2, -0.15) is 0 Å². The Morgan fingerprint density at radius 1 is 1.05 bits per heavy atom. The number of carbonyl (C=O) groups is 1. The van der Waals surface area contributed by atoms with Crippen LogP contribution in [0.1, 0.15) is 12.5 Å². The van der Waals surface area contributed by atoms with Crippen LogP contribution in [0.25, 0.3) is 0 Å². The zero-order chi connectivity index (χ0) is 16.2. The van der Waals surface area contributed by atoms with E-state index in [2.05, 4.69) is 11.3 Å². The van der Waals surface area contributed by atoms with Crippen LogP contribution >= 0.6 is 0 Å². The minimum absolute atomic E-state index is 0.0574. The van der Waals surface area contributed by atoms with E-state index in [-0.39, 0.29) is 17.1 Å². The molecule has 2 aromatic carbocycles. The second kappa shape index (κ2) is 6.58. The third kappa shape index (κ3) is 4.05. The molecule has 0 heterocycles. The van der Waals surface area contributed by atoms with E-state index in [1.165, 1.54) is 12.1 Å². The van der Waals surface area contributed by atoms with Crippen molar-refractivity contribution in [1.82, 2.24) is 0 Å². The molecule has 5 heteroatoms. The van der Waals surface area contributed by atoms with Gasteiger partial charge in [0.15, 0.2) is 5.78 Å². The Kier molecular flexibility index (Phi) is 4.78. The second-order valence-corrected chi connectivity index (χ2v) is 6.68. The Hall–Kier alpha value is -2.40. The Balaban J connectivity index is 2.15. The largest absolute Gasteiger partial charge is 0.294 e. The Bertz CT molecular complexity index is 778. The van der Waals surface area contributed by atoms with Crippen LogP contribution in [0.5, 0.6) is 0 Å². The highest BCUT2D eigenvalue weighted by Gasteiger charge is 2.14. The maximum absolute atomic E-state index is 12.3. The summed E-state index contributed by atoms with van der Waals surface area (Å²) in [6.45, 7) is 5.26. The highest BCUT2D eigenvalue weighted by Crippen LogP contribution is 2.16. The van der Waals surface area contributed by atoms with E-state index in [0.29, 0.717) is 11.3 Å². The van der Waals surface area contributed by atoms with Gasteiger partial charge in [-0.1, -0.05) is 36.9 Å². The van der Waals surface area contributed by atoms with Gasteiger partial charge in [0.2, 0.25) is 0 Å². The molecule has 22 heavy (non-hydrogen) atoms. The number of para-hydroxylation sites is 1. The van der Waals surface area contributed by atoms with Crippen molar-refractivity contribution in [2.24, 2.45) is 0 Å². The first-order valence-corrected chi connectivity index (χ1v) is 8.22. The Morgan fingerprint density at radius 3 is 2.18 bits per heavy atom. The molecule has 4 nitrogen and oxygen atoms in total. The molecule has 0 atom stereocenters. The Labute approximate surface area is 130 Å². The van der Waals surface area contributed by atoms with Crippen molar-refractivity contribution in [2.75, 3.05) is 4.72 Å². The monoisotopic (exact) mass is 315 g/mol. The summed E-state index contributed by atoms with van der Waals surface area (Å²) in [6.07, 6.45) is 0.224. The zero-order valence-electron chi connectivity index (χ0n) is 12.2. The van der Waals surface area contributed by atoms with Crippen LogP contribution in [0.3, 0.4) is 0 Å². The Morgan fingerprint density at radius 2 is 1.64 bits per heavy atom. The molecule has 0 saturated heterocycles. The lowest BCUT2D eigenvalue weighted by atomic mass is 10.1. The maximum Gasteiger partial charge on any atom is 0.261 e. The number of carbonyl (C=O) groups excluding carboxylic acids is 1. The molecular weight excluding hydrogens is 298 g/mol. The number of rotatable bonds is 6. The number of sulfonamides is 1. The van der Waals surface area contributed by atoms with Crippen molar-refractivity contribution in [1.29, 1.82) is 0 Å². The third-order valence-corrected chi connectivity index (χ3v) is 4.50. The summed E-state index contributed by atoms with van der Waals surface area (Å²) in [5.74, 6) is -0.0574. The number of ketones is 1. The summed E-state index contributed by atoms with van der Waals surface area (Å²) >= 11 is 0. The zero-order valence-corrected chi connectivity index (χ0v) is 13.1. The third-order valence-electron chi connectivity index (χ3n) is 3.10. The summed E-state index contributed by atoms with van der Waals surface area (Å²) in [4.78, 5) is 11.8. The first-order chi connectivity index (χ1) is 10.4. The number of benzene rings is 2. The van der Waals surface area contributed by atoms with Gasteiger partial charge >= 0.3 is 0 Å². The number of nitrogens with one attached hydrogen (secondary N) is 1. The van der Waals surface area contributed by atoms with Gasteiger partial charge in [-0.25, -0.2) is 8.42 Å². The predicted molar refractivity (Wildman–Crippen MR) is 87.2 cm³/mol. The standard InChI is InChI=1S/C17H17NO3S/c1-13(2)17(19)12-14-8-10-16(11-9-14)22(20,21)18-15-6-4-3-5-7-15/h3-11,18H,1,12H2,2H3. The quantitative estimate of drug-likeness (QED) is 0.833. The van der Waals surface area contributed by atoms with Crippen molar-refractivity contribution in [3.8, 4) is 0 Å². The summed E-state index contributed by atoms with van der Waals surface area (Å²) < 4.78 is 27.0. The molecule has 114 valence electrons. The molecule has 0 fully saturated rings. The van der Waals surface area contributed by atoms with Crippen molar-refractivity contribution >= 4 is 21.5 Å². The summed E-state index contributed by atoms with van der Waals surface area (Å²) in [5.41, 5.74) is 1.75. The fourth-order valence-corrected chi connectivity index (χ4v) is 2.90. The van der Waals surface area contributed by atoms with Crippen LogP contribution in [0.15, 0.2) is 71.6 Å². The van der Waals surface area contributed by atoms with Gasteiger partial charge in [0.25, 0.3) is 10.0 Å². The number of hydrogen-bond donors (Lipinski definition) is 1. The molecule has 0 bridgehead atoms. The fraction of sp³-hybridized carbons (Fsp3) is 0.118. The van der Waals surface area contributed by atoms with Crippen molar-refractivity contribution in [2.45, 2.75) is 18.2 Å². The lowest BCUT2D eigenvalue weighted by Crippen LogP contribution is -2.13. The van der Waals surface area contributed by atoms with Gasteiger partial charge in [-0.05, 0) is 42.3 Å². The smallest absolute Gasteiger partial charge is 0.261 e. The fourth-order valence-electron chi connectivity index (χ4n) is 1.84. The summed E-state index contributed by atoms with van der Waals surface area (Å²) in [7, 11) is -3.63. The van der Waals surface area contributed by atoms with E-state index in [0.717, 1.165) is 5.56 Å². The summed E-state index contributed by atoms with van der Waals surface area (Å²) in [5, 5.41) is 0. The molecule has 0 unspecified atom stereocenters. The molecule has 0 amide bonds. The number of anilines is 1. The van der Waals surface area contributed by atoms with Crippen molar-refractivity contribution < 1.29 is 13.2 Å². The van der Waals surface area contributed by atoms with E-state index in [1.807, 2.05) is 6.07 Å². The summed E-state index contributed by atoms with van der Waals surface area (Å²) in [6, 6.07) is 14.9. The highest BCUT2D eigenvalue weighted by molar-refractivity contribution is 7.92. The van der Waals surface area contributed by atoms with Crippen LogP contribution in [-0.2, 0) is 21.2 Å². The van der Waals surface area contributed by atoms with Gasteiger partial charge in [-0.15, -0.1) is 0 Å². The predicted octanol–water partition coefficient (Wildman–Crippen LogP) is 3.18. The SMILES string of the molecule is C=C(C)C(=O)Cc1ccc(S(=O)(=O)Nc2ccccc2)cc1. The molecule has 0 aliphatic rings. The number of allylic oxidation sites excluding steroid dienone is 1. The van der Waals surface area contributed by atoms with Crippen LogP contribution in [-0.4, -0.2) is 14.2 Å². The molecule has 0 radical (unpaired) electrons. The van der Waals surface area contributed by atoms with E-state index < -0.39 is 10.0 Å². The lowest BCUT2D eigenvalue weighted by Gasteiger charge is -2.08. The average Bonchev–Trinajstić information content (AvgIpc) is 2.48. The van der Waals surface area contributed by atoms with Gasteiger partial charge in [-0.3, -0.25) is 9.52 Å². The number of hydrogen-bond acceptors (Lipinski definition) is 3. The normalized spacial score (nSPS) is 11.0. The first kappa shape index (κ1) is 16.0. The maximum atomic E-state index is 12.3. The van der Waals surface area contributed by atoms with Crippen LogP contribution in [0.2, 0.25) is 0 Å². The average molecular weight is 315 g/mol. The van der Waals surface area contributed by atoms with Gasteiger partial charge < -0.3 is 0 Å². The van der Waals surface area contributed by atoms with Crippen LogP contribution in [0.4, 0.5) is 5.69 Å². The molecule has 1 N–H and O–H groups in total. The molecule has 0 spiro atoms. The minimum Gasteiger partial charge on any atom is -0.294 e. The lowest BCUT2D eigenvalue weighted by molar-refractivity contribution is -0.114. The topological polar surface area (TPSA) is 63.2 Å². The van der Waals surface area contributed by atoms with Crippen molar-refractivity contribution in [3.63, 3.8) is 0 Å². The van der Waals surface area contributed by atoms with E-state index >= 15 is 0 Å². The van der Waals surface area contributed by atoms with Gasteiger partial charge in [0, 0.05) is 12.1 Å². The molecule has 2 aromatic rings. The molecule has 0 aromatic heterocycles. The van der Waals surface area contributed by atoms with Crippen LogP contribution < -0.4 is 4.72 Å². The second-order valence-electron chi connectivity index (χ2n) is 5.00. The molecule has 2 rings (SSSR count). The van der Waals surface area contributed by atoms with E-state index in [4.69, 9.17) is 0 Å². The van der Waals surface area contributed by atoms with E-state index in [9.17, 15) is 13.2 Å². The van der Waals surface area contributed by atoms with Gasteiger partial charge in [0.05, 0.1) is 4.90 Å². The van der Waals surface area contributed by atoms with Gasteiger partial charge in [0.1, 0.15) is 0 Å². The molecule has 0 aliphatic carbocycles. The molecule has 0 saturated carbocycles.